The molecule has 6 nitrogen and oxygen atoms in total. The number of aryl methyl sites for hydroxylation is 1. The van der Waals surface area contributed by atoms with Crippen LogP contribution >= 0.6 is 0 Å². The van der Waals surface area contributed by atoms with E-state index >= 15 is 0 Å². The smallest absolute Gasteiger partial charge is 0.154 e. The highest BCUT2D eigenvalue weighted by Gasteiger charge is 2.12. The van der Waals surface area contributed by atoms with Crippen molar-refractivity contribution in [3.63, 3.8) is 0 Å². The van der Waals surface area contributed by atoms with Gasteiger partial charge in [0.1, 0.15) is 0 Å². The Kier molecular flexibility index (Phi) is 3.89. The summed E-state index contributed by atoms with van der Waals surface area (Å²) in [4.78, 5) is 9.23. The maximum absolute atomic E-state index is 6.29. The molecule has 0 saturated heterocycles. The van der Waals surface area contributed by atoms with Gasteiger partial charge in [-0.1, -0.05) is 12.1 Å². The highest BCUT2D eigenvalue weighted by atomic mass is 15.3. The lowest BCUT2D eigenvalue weighted by molar-refractivity contribution is 0.782. The Morgan fingerprint density at radius 1 is 1.04 bits per heavy atom. The molecule has 0 radical (unpaired) electrons. The van der Waals surface area contributed by atoms with Crippen LogP contribution in [-0.4, -0.2) is 19.7 Å². The van der Waals surface area contributed by atoms with Gasteiger partial charge in [-0.25, -0.2) is 9.67 Å². The van der Waals surface area contributed by atoms with Gasteiger partial charge in [0.2, 0.25) is 0 Å². The van der Waals surface area contributed by atoms with Crippen LogP contribution in [0.1, 0.15) is 24.4 Å². The molecule has 0 amide bonds. The van der Waals surface area contributed by atoms with Gasteiger partial charge in [0.05, 0.1) is 23.1 Å². The van der Waals surface area contributed by atoms with Gasteiger partial charge < -0.3 is 11.5 Å². The number of hydrogen-bond donors (Lipinski definition) is 2. The first-order valence-corrected chi connectivity index (χ1v) is 8.47. The summed E-state index contributed by atoms with van der Waals surface area (Å²) in [6.45, 7) is 3.88. The van der Waals surface area contributed by atoms with E-state index in [1.54, 1.807) is 10.9 Å². The lowest BCUT2D eigenvalue weighted by Gasteiger charge is -2.10. The number of nitrogens with two attached hydrogens (primary N) is 2. The SMILES string of the molecule is Cc1cccc(-n2ncc3c(N)cc(-c4cccc(C(C)N)n4)cc32)n1. The summed E-state index contributed by atoms with van der Waals surface area (Å²) in [7, 11) is 0. The molecule has 0 fully saturated rings. The third-order valence-corrected chi connectivity index (χ3v) is 4.34. The van der Waals surface area contributed by atoms with Crippen LogP contribution in [0.15, 0.2) is 54.7 Å². The maximum atomic E-state index is 6.29. The summed E-state index contributed by atoms with van der Waals surface area (Å²) >= 11 is 0. The fraction of sp³-hybridized carbons (Fsp3) is 0.150. The molecule has 4 aromatic rings. The zero-order valence-corrected chi connectivity index (χ0v) is 14.7. The van der Waals surface area contributed by atoms with Crippen LogP contribution in [0.2, 0.25) is 0 Å². The molecular formula is C20H20N6. The van der Waals surface area contributed by atoms with E-state index in [4.69, 9.17) is 11.5 Å². The molecule has 1 atom stereocenters. The van der Waals surface area contributed by atoms with E-state index in [2.05, 4.69) is 15.1 Å². The quantitative estimate of drug-likeness (QED) is 0.555. The van der Waals surface area contributed by atoms with Crippen molar-refractivity contribution in [2.75, 3.05) is 5.73 Å². The third-order valence-electron chi connectivity index (χ3n) is 4.34. The van der Waals surface area contributed by atoms with Gasteiger partial charge >= 0.3 is 0 Å². The second kappa shape index (κ2) is 6.24. The molecule has 26 heavy (non-hydrogen) atoms. The van der Waals surface area contributed by atoms with E-state index in [1.165, 1.54) is 0 Å². The minimum atomic E-state index is -0.127. The van der Waals surface area contributed by atoms with E-state index in [9.17, 15) is 0 Å². The van der Waals surface area contributed by atoms with Crippen molar-refractivity contribution >= 4 is 16.6 Å². The minimum Gasteiger partial charge on any atom is -0.398 e. The second-order valence-electron chi connectivity index (χ2n) is 6.43. The van der Waals surface area contributed by atoms with Crippen LogP contribution in [0.3, 0.4) is 0 Å². The summed E-state index contributed by atoms with van der Waals surface area (Å²) in [6.07, 6.45) is 1.77. The zero-order chi connectivity index (χ0) is 18.3. The molecule has 4 rings (SSSR count). The Hall–Kier alpha value is -3.25. The standard InChI is InChI=1S/C20H20N6/c1-12-5-3-8-20(24-12)26-19-10-14(9-16(22)15(19)11-23-26)18-7-4-6-17(25-18)13(2)21/h3-11,13H,21-22H2,1-2H3. The van der Waals surface area contributed by atoms with Gasteiger partial charge in [0.15, 0.2) is 5.82 Å². The molecule has 0 bridgehead atoms. The Morgan fingerprint density at radius 2 is 1.85 bits per heavy atom. The molecule has 3 heterocycles. The average Bonchev–Trinajstić information content (AvgIpc) is 3.06. The average molecular weight is 344 g/mol. The van der Waals surface area contributed by atoms with E-state index < -0.39 is 0 Å². The summed E-state index contributed by atoms with van der Waals surface area (Å²) in [5.74, 6) is 0.758. The highest BCUT2D eigenvalue weighted by molar-refractivity contribution is 5.95. The van der Waals surface area contributed by atoms with Gasteiger partial charge in [-0.05, 0) is 50.2 Å². The number of nitrogens with zero attached hydrogens (tertiary/aromatic N) is 4. The van der Waals surface area contributed by atoms with Crippen molar-refractivity contribution in [3.05, 3.63) is 66.1 Å². The topological polar surface area (TPSA) is 95.6 Å². The first-order chi connectivity index (χ1) is 12.5. The Labute approximate surface area is 151 Å². The van der Waals surface area contributed by atoms with Crippen molar-refractivity contribution in [2.45, 2.75) is 19.9 Å². The van der Waals surface area contributed by atoms with Crippen LogP contribution in [0.4, 0.5) is 5.69 Å². The molecule has 6 heteroatoms. The molecule has 4 N–H and O–H groups in total. The minimum absolute atomic E-state index is 0.127. The molecule has 1 unspecified atom stereocenters. The number of hydrogen-bond acceptors (Lipinski definition) is 5. The maximum Gasteiger partial charge on any atom is 0.154 e. The summed E-state index contributed by atoms with van der Waals surface area (Å²) in [5, 5.41) is 5.37. The van der Waals surface area contributed by atoms with Crippen LogP contribution in [0.5, 0.6) is 0 Å². The number of aromatic nitrogens is 4. The Morgan fingerprint density at radius 3 is 2.62 bits per heavy atom. The molecule has 3 aromatic heterocycles. The number of benzene rings is 1. The number of pyridine rings is 2. The molecule has 0 aliphatic carbocycles. The lowest BCUT2D eigenvalue weighted by atomic mass is 10.1. The number of anilines is 1. The zero-order valence-electron chi connectivity index (χ0n) is 14.7. The first-order valence-electron chi connectivity index (χ1n) is 8.47. The van der Waals surface area contributed by atoms with Gasteiger partial charge in [0.25, 0.3) is 0 Å². The largest absolute Gasteiger partial charge is 0.398 e. The lowest BCUT2D eigenvalue weighted by Crippen LogP contribution is -2.07. The van der Waals surface area contributed by atoms with Crippen LogP contribution < -0.4 is 11.5 Å². The monoisotopic (exact) mass is 344 g/mol. The molecule has 0 spiro atoms. The number of fused-ring (bicyclic) bond motifs is 1. The number of rotatable bonds is 3. The van der Waals surface area contributed by atoms with Crippen LogP contribution in [0, 0.1) is 6.92 Å². The molecule has 0 saturated carbocycles. The first kappa shape index (κ1) is 16.2. The highest BCUT2D eigenvalue weighted by Crippen LogP contribution is 2.30. The van der Waals surface area contributed by atoms with E-state index in [-0.39, 0.29) is 6.04 Å². The molecule has 0 aliphatic rings. The van der Waals surface area contributed by atoms with Crippen molar-refractivity contribution in [1.82, 2.24) is 19.7 Å². The summed E-state index contributed by atoms with van der Waals surface area (Å²) in [5.41, 5.74) is 17.3. The molecule has 1 aromatic carbocycles. The number of nitrogen functional groups attached to an aromatic ring is 1. The normalized spacial score (nSPS) is 12.4. The fourth-order valence-corrected chi connectivity index (χ4v) is 3.00. The van der Waals surface area contributed by atoms with E-state index in [0.717, 1.165) is 39.4 Å². The predicted octanol–water partition coefficient (Wildman–Crippen LogP) is 3.39. The van der Waals surface area contributed by atoms with Crippen molar-refractivity contribution in [3.8, 4) is 17.1 Å². The summed E-state index contributed by atoms with van der Waals surface area (Å²) < 4.78 is 1.80. The van der Waals surface area contributed by atoms with Crippen molar-refractivity contribution < 1.29 is 0 Å². The third kappa shape index (κ3) is 2.80. The van der Waals surface area contributed by atoms with Crippen LogP contribution in [0.25, 0.3) is 28.0 Å². The predicted molar refractivity (Wildman–Crippen MR) is 104 cm³/mol. The molecule has 0 aliphatic heterocycles. The van der Waals surface area contributed by atoms with Gasteiger partial charge in [0, 0.05) is 28.4 Å². The second-order valence-corrected chi connectivity index (χ2v) is 6.43. The Balaban J connectivity index is 1.91. The van der Waals surface area contributed by atoms with Crippen LogP contribution in [-0.2, 0) is 0 Å². The van der Waals surface area contributed by atoms with Gasteiger partial charge in [-0.3, -0.25) is 4.98 Å². The molecule has 130 valence electrons. The van der Waals surface area contributed by atoms with E-state index in [1.807, 2.05) is 62.4 Å². The fourth-order valence-electron chi connectivity index (χ4n) is 3.00. The molecular weight excluding hydrogens is 324 g/mol. The summed E-state index contributed by atoms with van der Waals surface area (Å²) in [6, 6.07) is 15.5. The van der Waals surface area contributed by atoms with Gasteiger partial charge in [-0.15, -0.1) is 0 Å². The van der Waals surface area contributed by atoms with E-state index in [0.29, 0.717) is 5.69 Å². The van der Waals surface area contributed by atoms with Gasteiger partial charge in [-0.2, -0.15) is 5.10 Å². The van der Waals surface area contributed by atoms with Crippen molar-refractivity contribution in [2.24, 2.45) is 5.73 Å². The Bertz CT molecular complexity index is 1100. The van der Waals surface area contributed by atoms with Crippen molar-refractivity contribution in [1.29, 1.82) is 0 Å².